The van der Waals surface area contributed by atoms with Gasteiger partial charge in [0.15, 0.2) is 0 Å². The van der Waals surface area contributed by atoms with Crippen molar-refractivity contribution in [1.82, 2.24) is 9.55 Å². The molecule has 0 fully saturated rings. The monoisotopic (exact) mass is 474 g/mol. The summed E-state index contributed by atoms with van der Waals surface area (Å²) in [4.78, 5) is 4.48. The molecular weight excluding hydrogens is 454 g/mol. The zero-order valence-corrected chi connectivity index (χ0v) is 18.0. The van der Waals surface area contributed by atoms with Crippen LogP contribution in [0, 0.1) is 0 Å². The zero-order chi connectivity index (χ0) is 24.5. The quantitative estimate of drug-likeness (QED) is 0.271. The molecule has 4 rings (SSSR count). The Balaban J connectivity index is 1.85. The van der Waals surface area contributed by atoms with Crippen LogP contribution in [0.5, 0.6) is 0 Å². The van der Waals surface area contributed by atoms with E-state index in [-0.39, 0.29) is 17.5 Å². The van der Waals surface area contributed by atoms with Crippen molar-refractivity contribution in [3.8, 4) is 0 Å². The normalized spacial score (nSPS) is 13.3. The van der Waals surface area contributed by atoms with Gasteiger partial charge in [-0.1, -0.05) is 60.7 Å². The minimum atomic E-state index is -4.91. The largest absolute Gasteiger partial charge is 0.416 e. The Morgan fingerprint density at radius 2 is 1.15 bits per heavy atom. The lowest BCUT2D eigenvalue weighted by Gasteiger charge is -2.24. The van der Waals surface area contributed by atoms with Gasteiger partial charge in [0.05, 0.1) is 23.1 Å². The maximum absolute atomic E-state index is 13.4. The van der Waals surface area contributed by atoms with Crippen molar-refractivity contribution in [1.29, 1.82) is 0 Å². The Morgan fingerprint density at radius 1 is 0.676 bits per heavy atom. The van der Waals surface area contributed by atoms with Gasteiger partial charge in [-0.3, -0.25) is 0 Å². The molecule has 0 saturated heterocycles. The highest BCUT2D eigenvalue weighted by Crippen LogP contribution is 2.39. The van der Waals surface area contributed by atoms with E-state index < -0.39 is 29.5 Å². The number of nitrogens with zero attached hydrogens (tertiary/aromatic N) is 2. The number of hydrogen-bond donors (Lipinski definition) is 0. The molecule has 1 aromatic heterocycles. The van der Waals surface area contributed by atoms with Crippen molar-refractivity contribution >= 4 is 0 Å². The molecule has 3 aromatic carbocycles. The summed E-state index contributed by atoms with van der Waals surface area (Å²) in [5.41, 5.74) is -0.995. The van der Waals surface area contributed by atoms with Crippen LogP contribution < -0.4 is 0 Å². The van der Waals surface area contributed by atoms with Gasteiger partial charge in [0.25, 0.3) is 0 Å². The van der Waals surface area contributed by atoms with Gasteiger partial charge in [-0.05, 0) is 41.8 Å². The molecule has 0 saturated carbocycles. The first-order valence-electron chi connectivity index (χ1n) is 10.5. The van der Waals surface area contributed by atoms with Crippen LogP contribution in [0.1, 0.15) is 52.5 Å². The van der Waals surface area contributed by atoms with Crippen LogP contribution in [0.2, 0.25) is 0 Å². The van der Waals surface area contributed by atoms with E-state index in [1.54, 1.807) is 17.7 Å². The molecule has 0 aliphatic rings. The highest BCUT2D eigenvalue weighted by atomic mass is 19.4. The van der Waals surface area contributed by atoms with E-state index in [9.17, 15) is 26.3 Å². The highest BCUT2D eigenvalue weighted by molar-refractivity contribution is 5.40. The summed E-state index contributed by atoms with van der Waals surface area (Å²) >= 11 is 0. The van der Waals surface area contributed by atoms with Crippen molar-refractivity contribution in [2.45, 2.75) is 31.2 Å². The van der Waals surface area contributed by atoms with Crippen LogP contribution in [-0.4, -0.2) is 9.55 Å². The second-order valence-corrected chi connectivity index (χ2v) is 7.96. The van der Waals surface area contributed by atoms with Crippen LogP contribution in [0.15, 0.2) is 91.3 Å². The number of rotatable bonds is 5. The fraction of sp³-hybridized carbons (Fsp3) is 0.192. The van der Waals surface area contributed by atoms with Crippen LogP contribution in [0.25, 0.3) is 0 Å². The summed E-state index contributed by atoms with van der Waals surface area (Å²) in [5, 5.41) is 0. The summed E-state index contributed by atoms with van der Waals surface area (Å²) in [6.07, 6.45) is -6.75. The Kier molecular flexibility index (Phi) is 6.25. The molecule has 0 aliphatic carbocycles. The molecule has 0 spiro atoms. The number of aromatic nitrogens is 2. The summed E-state index contributed by atoms with van der Waals surface area (Å²) in [6.45, 7) is 1.56. The van der Waals surface area contributed by atoms with Gasteiger partial charge in [-0.25, -0.2) is 4.98 Å². The number of alkyl halides is 6. The van der Waals surface area contributed by atoms with E-state index in [0.29, 0.717) is 5.82 Å². The predicted molar refractivity (Wildman–Crippen MR) is 116 cm³/mol. The Morgan fingerprint density at radius 3 is 1.59 bits per heavy atom. The van der Waals surface area contributed by atoms with E-state index in [0.717, 1.165) is 23.3 Å². The van der Waals surface area contributed by atoms with Crippen molar-refractivity contribution in [3.63, 3.8) is 0 Å². The van der Waals surface area contributed by atoms with Crippen LogP contribution >= 0.6 is 0 Å². The minimum Gasteiger partial charge on any atom is -0.327 e. The van der Waals surface area contributed by atoms with Crippen molar-refractivity contribution in [3.05, 3.63) is 125 Å². The maximum atomic E-state index is 13.4. The molecule has 0 N–H and O–H groups in total. The molecule has 0 radical (unpaired) electrons. The zero-order valence-electron chi connectivity index (χ0n) is 18.0. The Labute approximate surface area is 192 Å². The average Bonchev–Trinajstić information content (AvgIpc) is 3.28. The lowest BCUT2D eigenvalue weighted by atomic mass is 9.90. The molecule has 8 heteroatoms. The van der Waals surface area contributed by atoms with Gasteiger partial charge in [-0.2, -0.15) is 26.3 Å². The Bertz CT molecular complexity index is 1170. The third-order valence-corrected chi connectivity index (χ3v) is 5.73. The standard InChI is InChI=1S/C26H20F6N2/c1-17(20-14-21(25(27,28)29)16-22(15-20)26(30,31)32)34-13-12-33-24(34)23(18-8-4-2-5-9-18)19-10-6-3-7-11-19/h2-17,23H,1H3. The molecule has 1 atom stereocenters. The first-order chi connectivity index (χ1) is 16.1. The molecule has 0 aliphatic heterocycles. The van der Waals surface area contributed by atoms with Gasteiger partial charge >= 0.3 is 12.4 Å². The van der Waals surface area contributed by atoms with Crippen LogP contribution in [0.3, 0.4) is 0 Å². The number of halogens is 6. The number of imidazole rings is 1. The third kappa shape index (κ3) is 4.85. The molecule has 0 bridgehead atoms. The maximum Gasteiger partial charge on any atom is 0.416 e. The summed E-state index contributed by atoms with van der Waals surface area (Å²) in [7, 11) is 0. The summed E-state index contributed by atoms with van der Waals surface area (Å²) in [5.74, 6) is 0.142. The summed E-state index contributed by atoms with van der Waals surface area (Å²) in [6, 6.07) is 19.7. The summed E-state index contributed by atoms with van der Waals surface area (Å²) < 4.78 is 82.1. The van der Waals surface area contributed by atoms with E-state index in [1.807, 2.05) is 60.7 Å². The smallest absolute Gasteiger partial charge is 0.327 e. The van der Waals surface area contributed by atoms with Gasteiger partial charge < -0.3 is 4.57 Å². The van der Waals surface area contributed by atoms with E-state index in [4.69, 9.17) is 0 Å². The van der Waals surface area contributed by atoms with Gasteiger partial charge in [0.1, 0.15) is 5.82 Å². The van der Waals surface area contributed by atoms with E-state index >= 15 is 0 Å². The van der Waals surface area contributed by atoms with Gasteiger partial charge in [0, 0.05) is 12.4 Å². The van der Waals surface area contributed by atoms with Crippen LogP contribution in [-0.2, 0) is 12.4 Å². The molecule has 0 amide bonds. The predicted octanol–water partition coefficient (Wildman–Crippen LogP) is 7.71. The first-order valence-corrected chi connectivity index (χ1v) is 10.5. The van der Waals surface area contributed by atoms with E-state index in [1.165, 1.54) is 6.20 Å². The third-order valence-electron chi connectivity index (χ3n) is 5.73. The van der Waals surface area contributed by atoms with Gasteiger partial charge in [0.2, 0.25) is 0 Å². The molecule has 4 aromatic rings. The second-order valence-electron chi connectivity index (χ2n) is 7.96. The van der Waals surface area contributed by atoms with Gasteiger partial charge in [-0.15, -0.1) is 0 Å². The minimum absolute atomic E-state index is 0.110. The van der Waals surface area contributed by atoms with Crippen molar-refractivity contribution in [2.24, 2.45) is 0 Å². The molecule has 2 nitrogen and oxygen atoms in total. The SMILES string of the molecule is CC(c1cc(C(F)(F)F)cc(C(F)(F)F)c1)n1ccnc1C(c1ccccc1)c1ccccc1. The lowest BCUT2D eigenvalue weighted by molar-refractivity contribution is -0.143. The first kappa shape index (κ1) is 23.6. The molecule has 34 heavy (non-hydrogen) atoms. The van der Waals surface area contributed by atoms with Crippen molar-refractivity contribution in [2.75, 3.05) is 0 Å². The fourth-order valence-corrected chi connectivity index (χ4v) is 4.04. The van der Waals surface area contributed by atoms with E-state index in [2.05, 4.69) is 4.98 Å². The number of benzene rings is 3. The molecule has 1 unspecified atom stereocenters. The lowest BCUT2D eigenvalue weighted by Crippen LogP contribution is -2.17. The topological polar surface area (TPSA) is 17.8 Å². The second kappa shape index (κ2) is 9.00. The van der Waals surface area contributed by atoms with Crippen molar-refractivity contribution < 1.29 is 26.3 Å². The number of hydrogen-bond acceptors (Lipinski definition) is 1. The molecule has 176 valence electrons. The molecular formula is C26H20F6N2. The molecule has 1 heterocycles. The van der Waals surface area contributed by atoms with Crippen LogP contribution in [0.4, 0.5) is 26.3 Å². The fourth-order valence-electron chi connectivity index (χ4n) is 4.04. The highest BCUT2D eigenvalue weighted by Gasteiger charge is 2.37. The Hall–Kier alpha value is -3.55. The average molecular weight is 474 g/mol.